The van der Waals surface area contributed by atoms with Crippen LogP contribution in [0.1, 0.15) is 48.3 Å². The van der Waals surface area contributed by atoms with E-state index in [1.807, 2.05) is 6.20 Å². The van der Waals surface area contributed by atoms with Crippen molar-refractivity contribution in [2.24, 2.45) is 0 Å². The number of aromatic amines is 1. The molecule has 7 nitrogen and oxygen atoms in total. The van der Waals surface area contributed by atoms with Gasteiger partial charge in [-0.15, -0.1) is 0 Å². The molecule has 2 aromatic heterocycles. The van der Waals surface area contributed by atoms with Crippen molar-refractivity contribution in [3.05, 3.63) is 35.7 Å². The largest absolute Gasteiger partial charge is 0.354 e. The number of aromatic nitrogens is 4. The highest BCUT2D eigenvalue weighted by Crippen LogP contribution is 2.39. The Kier molecular flexibility index (Phi) is 3.87. The van der Waals surface area contributed by atoms with E-state index in [0.29, 0.717) is 12.5 Å². The summed E-state index contributed by atoms with van der Waals surface area (Å²) in [6, 6.07) is 1.78. The minimum Gasteiger partial charge on any atom is -0.354 e. The lowest BCUT2D eigenvalue weighted by Gasteiger charge is -2.22. The van der Waals surface area contributed by atoms with E-state index in [9.17, 15) is 4.79 Å². The zero-order valence-electron chi connectivity index (χ0n) is 13.1. The van der Waals surface area contributed by atoms with Crippen LogP contribution in [0.3, 0.4) is 0 Å². The SMILES string of the molecule is O=C(NCCCn1nccc1C1CC1)C1NCCc2[nH]cnc21. The zero-order valence-corrected chi connectivity index (χ0v) is 13.1. The van der Waals surface area contributed by atoms with Crippen LogP contribution >= 0.6 is 0 Å². The summed E-state index contributed by atoms with van der Waals surface area (Å²) < 4.78 is 2.08. The van der Waals surface area contributed by atoms with Crippen LogP contribution < -0.4 is 10.6 Å². The molecule has 0 radical (unpaired) electrons. The first kappa shape index (κ1) is 14.4. The minimum atomic E-state index is -0.336. The molecule has 4 rings (SSSR count). The number of nitrogens with one attached hydrogen (secondary N) is 3. The highest BCUT2D eigenvalue weighted by molar-refractivity contribution is 5.83. The van der Waals surface area contributed by atoms with Crippen molar-refractivity contribution in [2.45, 2.75) is 44.2 Å². The number of aryl methyl sites for hydroxylation is 1. The Morgan fingerprint density at radius 1 is 1.43 bits per heavy atom. The summed E-state index contributed by atoms with van der Waals surface area (Å²) in [7, 11) is 0. The molecular weight excluding hydrogens is 292 g/mol. The summed E-state index contributed by atoms with van der Waals surface area (Å²) in [5.74, 6) is 0.706. The van der Waals surface area contributed by atoms with Gasteiger partial charge in [0.05, 0.1) is 12.0 Å². The predicted molar refractivity (Wildman–Crippen MR) is 84.9 cm³/mol. The van der Waals surface area contributed by atoms with Crippen LogP contribution in [-0.2, 0) is 17.8 Å². The lowest BCUT2D eigenvalue weighted by atomic mass is 10.1. The fourth-order valence-corrected chi connectivity index (χ4v) is 3.23. The Balaban J connectivity index is 1.27. The number of rotatable bonds is 6. The van der Waals surface area contributed by atoms with Crippen LogP contribution in [0.15, 0.2) is 18.6 Å². The molecule has 0 aromatic carbocycles. The van der Waals surface area contributed by atoms with Crippen molar-refractivity contribution in [3.8, 4) is 0 Å². The van der Waals surface area contributed by atoms with Gasteiger partial charge >= 0.3 is 0 Å². The monoisotopic (exact) mass is 314 g/mol. The number of H-pyrrole nitrogens is 1. The number of amides is 1. The molecule has 0 saturated heterocycles. The molecule has 7 heteroatoms. The van der Waals surface area contributed by atoms with Crippen molar-refractivity contribution < 1.29 is 4.79 Å². The normalized spacial score (nSPS) is 20.3. The lowest BCUT2D eigenvalue weighted by molar-refractivity contribution is -0.123. The Morgan fingerprint density at radius 2 is 2.35 bits per heavy atom. The van der Waals surface area contributed by atoms with E-state index >= 15 is 0 Å². The minimum absolute atomic E-state index is 0.000863. The van der Waals surface area contributed by atoms with E-state index in [4.69, 9.17) is 0 Å². The van der Waals surface area contributed by atoms with Crippen molar-refractivity contribution in [1.29, 1.82) is 0 Å². The molecule has 1 saturated carbocycles. The van der Waals surface area contributed by atoms with Gasteiger partial charge in [-0.1, -0.05) is 0 Å². The fourth-order valence-electron chi connectivity index (χ4n) is 3.23. The number of fused-ring (bicyclic) bond motifs is 1. The van der Waals surface area contributed by atoms with Crippen molar-refractivity contribution in [3.63, 3.8) is 0 Å². The molecule has 1 atom stereocenters. The molecule has 2 aliphatic rings. The Hall–Kier alpha value is -2.15. The van der Waals surface area contributed by atoms with Gasteiger partial charge in [-0.25, -0.2) is 4.98 Å². The van der Waals surface area contributed by atoms with Crippen molar-refractivity contribution in [1.82, 2.24) is 30.4 Å². The summed E-state index contributed by atoms with van der Waals surface area (Å²) >= 11 is 0. The fraction of sp³-hybridized carbons (Fsp3) is 0.562. The third-order valence-electron chi connectivity index (χ3n) is 4.60. The number of carbonyl (C=O) groups excluding carboxylic acids is 1. The molecule has 23 heavy (non-hydrogen) atoms. The topological polar surface area (TPSA) is 87.6 Å². The molecule has 0 bridgehead atoms. The molecule has 3 N–H and O–H groups in total. The Bertz CT molecular complexity index is 686. The van der Waals surface area contributed by atoms with Gasteiger partial charge in [0.25, 0.3) is 0 Å². The number of carbonyl (C=O) groups is 1. The van der Waals surface area contributed by atoms with Crippen LogP contribution in [0.4, 0.5) is 0 Å². The first-order valence-electron chi connectivity index (χ1n) is 8.38. The molecule has 2 aromatic rings. The van der Waals surface area contributed by atoms with Crippen LogP contribution in [0.2, 0.25) is 0 Å². The standard InChI is InChI=1S/C16H22N6O/c23-16(15-14-12(4-7-17-15)19-10-20-14)18-6-1-9-22-13(5-8-21-22)11-2-3-11/h5,8,10-11,15,17H,1-4,6-7,9H2,(H,18,23)(H,19,20). The van der Waals surface area contributed by atoms with Gasteiger partial charge in [0, 0.05) is 49.6 Å². The van der Waals surface area contributed by atoms with Gasteiger partial charge in [0.2, 0.25) is 5.91 Å². The third kappa shape index (κ3) is 3.01. The number of nitrogens with zero attached hydrogens (tertiary/aromatic N) is 3. The van der Waals surface area contributed by atoms with E-state index < -0.39 is 0 Å². The molecule has 0 spiro atoms. The second-order valence-corrected chi connectivity index (χ2v) is 6.30. The maximum atomic E-state index is 12.4. The Morgan fingerprint density at radius 3 is 3.22 bits per heavy atom. The molecule has 1 unspecified atom stereocenters. The van der Waals surface area contributed by atoms with E-state index in [2.05, 4.69) is 36.4 Å². The predicted octanol–water partition coefficient (Wildman–Crippen LogP) is 0.877. The van der Waals surface area contributed by atoms with Gasteiger partial charge < -0.3 is 15.6 Å². The quantitative estimate of drug-likeness (QED) is 0.691. The van der Waals surface area contributed by atoms with Gasteiger partial charge in [0.15, 0.2) is 0 Å². The highest BCUT2D eigenvalue weighted by atomic mass is 16.2. The third-order valence-corrected chi connectivity index (χ3v) is 4.60. The van der Waals surface area contributed by atoms with Gasteiger partial charge in [-0.05, 0) is 25.3 Å². The summed E-state index contributed by atoms with van der Waals surface area (Å²) in [4.78, 5) is 19.7. The number of imidazole rings is 1. The van der Waals surface area contributed by atoms with Crippen LogP contribution in [-0.4, -0.2) is 38.7 Å². The molecule has 1 amide bonds. The maximum absolute atomic E-state index is 12.4. The first-order valence-corrected chi connectivity index (χ1v) is 8.38. The number of hydrogen-bond acceptors (Lipinski definition) is 4. The molecular formula is C16H22N6O. The van der Waals surface area contributed by atoms with Crippen LogP contribution in [0, 0.1) is 0 Å². The Labute approximate surface area is 134 Å². The molecule has 1 aliphatic heterocycles. The molecule has 3 heterocycles. The molecule has 1 fully saturated rings. The maximum Gasteiger partial charge on any atom is 0.243 e. The highest BCUT2D eigenvalue weighted by Gasteiger charge is 2.28. The summed E-state index contributed by atoms with van der Waals surface area (Å²) in [5.41, 5.74) is 3.23. The second-order valence-electron chi connectivity index (χ2n) is 6.30. The van der Waals surface area contributed by atoms with E-state index in [0.717, 1.165) is 37.3 Å². The van der Waals surface area contributed by atoms with Gasteiger partial charge in [-0.3, -0.25) is 9.48 Å². The first-order chi connectivity index (χ1) is 11.3. The molecule has 1 aliphatic carbocycles. The van der Waals surface area contributed by atoms with Crippen LogP contribution in [0.5, 0.6) is 0 Å². The summed E-state index contributed by atoms with van der Waals surface area (Å²) in [6.45, 7) is 2.30. The van der Waals surface area contributed by atoms with E-state index in [1.54, 1.807) is 6.33 Å². The zero-order chi connectivity index (χ0) is 15.6. The second kappa shape index (κ2) is 6.16. The number of hydrogen-bond donors (Lipinski definition) is 3. The lowest BCUT2D eigenvalue weighted by Crippen LogP contribution is -2.42. The average Bonchev–Trinajstić information content (AvgIpc) is 3.11. The molecule has 122 valence electrons. The van der Waals surface area contributed by atoms with Gasteiger partial charge in [-0.2, -0.15) is 5.10 Å². The smallest absolute Gasteiger partial charge is 0.243 e. The van der Waals surface area contributed by atoms with Crippen LogP contribution in [0.25, 0.3) is 0 Å². The average molecular weight is 314 g/mol. The van der Waals surface area contributed by atoms with Crippen molar-refractivity contribution >= 4 is 5.91 Å². The van der Waals surface area contributed by atoms with E-state index in [1.165, 1.54) is 18.5 Å². The van der Waals surface area contributed by atoms with E-state index in [-0.39, 0.29) is 11.9 Å². The summed E-state index contributed by atoms with van der Waals surface area (Å²) in [6.07, 6.45) is 7.87. The van der Waals surface area contributed by atoms with Gasteiger partial charge in [0.1, 0.15) is 6.04 Å². The summed E-state index contributed by atoms with van der Waals surface area (Å²) in [5, 5.41) is 10.6. The van der Waals surface area contributed by atoms with Crippen molar-refractivity contribution in [2.75, 3.05) is 13.1 Å².